The number of alkyl halides is 3. The molecule has 0 aromatic carbocycles. The van der Waals surface area contributed by atoms with Gasteiger partial charge in [0, 0.05) is 12.3 Å². The number of hydrogen-bond acceptors (Lipinski definition) is 3. The third-order valence-corrected chi connectivity index (χ3v) is 0.821. The summed E-state index contributed by atoms with van der Waals surface area (Å²) in [5.41, 5.74) is 0. The molecular formula is C5H2F4N2O. The topological polar surface area (TPSA) is 35.0 Å². The number of hydrogen-bond donors (Lipinski definition) is 0. The highest BCUT2D eigenvalue weighted by Crippen LogP contribution is 2.19. The van der Waals surface area contributed by atoms with Crippen LogP contribution in [-0.4, -0.2) is 16.3 Å². The van der Waals surface area contributed by atoms with Crippen LogP contribution in [0.2, 0.25) is 0 Å². The van der Waals surface area contributed by atoms with E-state index in [1.165, 1.54) is 0 Å². The van der Waals surface area contributed by atoms with Gasteiger partial charge in [-0.15, -0.1) is 13.2 Å². The lowest BCUT2D eigenvalue weighted by atomic mass is 10.6. The molecule has 0 saturated carbocycles. The molecule has 7 heteroatoms. The quantitative estimate of drug-likeness (QED) is 0.487. The molecule has 1 heterocycles. The minimum absolute atomic E-state index is 0.802. The van der Waals surface area contributed by atoms with Crippen LogP contribution < -0.4 is 4.74 Å². The first-order chi connectivity index (χ1) is 5.47. The minimum Gasteiger partial charge on any atom is -0.388 e. The molecule has 0 amide bonds. The van der Waals surface area contributed by atoms with E-state index in [-0.39, 0.29) is 0 Å². The van der Waals surface area contributed by atoms with Crippen LogP contribution in [0.25, 0.3) is 0 Å². The molecule has 0 atom stereocenters. The molecule has 0 aliphatic rings. The van der Waals surface area contributed by atoms with E-state index in [0.29, 0.717) is 0 Å². The van der Waals surface area contributed by atoms with Gasteiger partial charge in [0.25, 0.3) is 0 Å². The summed E-state index contributed by atoms with van der Waals surface area (Å²) < 4.78 is 49.8. The molecule has 1 aromatic rings. The summed E-state index contributed by atoms with van der Waals surface area (Å²) in [6, 6.07) is 0.802. The molecule has 12 heavy (non-hydrogen) atoms. The Balaban J connectivity index is 2.77. The Morgan fingerprint density at radius 1 is 1.33 bits per heavy atom. The lowest BCUT2D eigenvalue weighted by Gasteiger charge is -2.06. The first-order valence-corrected chi connectivity index (χ1v) is 2.72. The van der Waals surface area contributed by atoms with E-state index < -0.39 is 18.3 Å². The second kappa shape index (κ2) is 2.92. The van der Waals surface area contributed by atoms with Gasteiger partial charge in [0.15, 0.2) is 0 Å². The van der Waals surface area contributed by atoms with Crippen molar-refractivity contribution in [2.75, 3.05) is 0 Å². The molecular weight excluding hydrogens is 180 g/mol. The van der Waals surface area contributed by atoms with Gasteiger partial charge in [0.1, 0.15) is 0 Å². The number of rotatable bonds is 1. The molecule has 0 N–H and O–H groups in total. The monoisotopic (exact) mass is 182 g/mol. The average molecular weight is 182 g/mol. The normalized spacial score (nSPS) is 11.3. The van der Waals surface area contributed by atoms with E-state index in [2.05, 4.69) is 14.7 Å². The molecule has 1 aromatic heterocycles. The smallest absolute Gasteiger partial charge is 0.388 e. The van der Waals surface area contributed by atoms with Gasteiger partial charge in [-0.2, -0.15) is 9.37 Å². The van der Waals surface area contributed by atoms with Crippen molar-refractivity contribution < 1.29 is 22.3 Å². The van der Waals surface area contributed by atoms with Crippen LogP contribution in [0.1, 0.15) is 0 Å². The lowest BCUT2D eigenvalue weighted by Crippen LogP contribution is -2.18. The van der Waals surface area contributed by atoms with Crippen LogP contribution >= 0.6 is 0 Å². The fourth-order valence-corrected chi connectivity index (χ4v) is 0.495. The lowest BCUT2D eigenvalue weighted by molar-refractivity contribution is -0.276. The highest BCUT2D eigenvalue weighted by Gasteiger charge is 2.31. The summed E-state index contributed by atoms with van der Waals surface area (Å²) in [4.78, 5) is 5.68. The Morgan fingerprint density at radius 3 is 2.50 bits per heavy atom. The van der Waals surface area contributed by atoms with Crippen molar-refractivity contribution in [3.63, 3.8) is 0 Å². The SMILES string of the molecule is Fc1nccc(OC(F)(F)F)n1. The summed E-state index contributed by atoms with van der Waals surface area (Å²) in [5.74, 6) is -0.866. The summed E-state index contributed by atoms with van der Waals surface area (Å²) >= 11 is 0. The van der Waals surface area contributed by atoms with Crippen LogP contribution in [0.5, 0.6) is 5.88 Å². The molecule has 0 saturated heterocycles. The number of ether oxygens (including phenoxy) is 1. The predicted octanol–water partition coefficient (Wildman–Crippen LogP) is 1.51. The van der Waals surface area contributed by atoms with E-state index >= 15 is 0 Å². The molecule has 1 rings (SSSR count). The van der Waals surface area contributed by atoms with E-state index in [1.807, 2.05) is 0 Å². The second-order valence-electron chi connectivity index (χ2n) is 1.71. The molecule has 0 fully saturated rings. The number of aromatic nitrogens is 2. The van der Waals surface area contributed by atoms with Gasteiger partial charge >= 0.3 is 12.4 Å². The largest absolute Gasteiger partial charge is 0.574 e. The van der Waals surface area contributed by atoms with Crippen molar-refractivity contribution in [1.29, 1.82) is 0 Å². The van der Waals surface area contributed by atoms with Crippen molar-refractivity contribution in [3.05, 3.63) is 18.3 Å². The van der Waals surface area contributed by atoms with Gasteiger partial charge < -0.3 is 4.74 Å². The molecule has 0 aliphatic heterocycles. The zero-order chi connectivity index (χ0) is 9.19. The van der Waals surface area contributed by atoms with Crippen LogP contribution in [0.4, 0.5) is 17.6 Å². The van der Waals surface area contributed by atoms with Crippen molar-refractivity contribution in [3.8, 4) is 5.88 Å². The van der Waals surface area contributed by atoms with E-state index in [9.17, 15) is 17.6 Å². The summed E-state index contributed by atoms with van der Waals surface area (Å²) in [6.07, 6.45) is -5.30. The summed E-state index contributed by atoms with van der Waals surface area (Å²) in [5, 5.41) is 0. The first-order valence-electron chi connectivity index (χ1n) is 2.72. The maximum Gasteiger partial charge on any atom is 0.574 e. The van der Waals surface area contributed by atoms with Gasteiger partial charge in [0.2, 0.25) is 5.88 Å². The van der Waals surface area contributed by atoms with E-state index in [4.69, 9.17) is 0 Å². The summed E-state index contributed by atoms with van der Waals surface area (Å²) in [7, 11) is 0. The molecule has 0 radical (unpaired) electrons. The zero-order valence-electron chi connectivity index (χ0n) is 5.47. The predicted molar refractivity (Wildman–Crippen MR) is 28.7 cm³/mol. The molecule has 66 valence electrons. The Bertz CT molecular complexity index is 274. The number of halogens is 4. The van der Waals surface area contributed by atoms with Crippen LogP contribution in [0.3, 0.4) is 0 Å². The maximum atomic E-state index is 12.1. The molecule has 3 nitrogen and oxygen atoms in total. The van der Waals surface area contributed by atoms with E-state index in [1.54, 1.807) is 0 Å². The van der Waals surface area contributed by atoms with E-state index in [0.717, 1.165) is 12.3 Å². The highest BCUT2D eigenvalue weighted by molar-refractivity contribution is 5.05. The maximum absolute atomic E-state index is 12.1. The Labute approximate surface area is 64.0 Å². The van der Waals surface area contributed by atoms with Gasteiger partial charge in [-0.05, 0) is 0 Å². The van der Waals surface area contributed by atoms with Crippen molar-refractivity contribution >= 4 is 0 Å². The average Bonchev–Trinajstić information content (AvgIpc) is 1.82. The third kappa shape index (κ3) is 2.69. The molecule has 0 bridgehead atoms. The van der Waals surface area contributed by atoms with Gasteiger partial charge in [-0.25, -0.2) is 4.98 Å². The van der Waals surface area contributed by atoms with Gasteiger partial charge in [-0.1, -0.05) is 0 Å². The molecule has 0 spiro atoms. The number of nitrogens with zero attached hydrogens (tertiary/aromatic N) is 2. The first kappa shape index (κ1) is 8.69. The van der Waals surface area contributed by atoms with Crippen molar-refractivity contribution in [2.45, 2.75) is 6.36 Å². The minimum atomic E-state index is -4.86. The molecule has 0 unspecified atom stereocenters. The van der Waals surface area contributed by atoms with Crippen LogP contribution in [0, 0.1) is 6.08 Å². The second-order valence-corrected chi connectivity index (χ2v) is 1.71. The van der Waals surface area contributed by atoms with Crippen molar-refractivity contribution in [1.82, 2.24) is 9.97 Å². The Kier molecular flexibility index (Phi) is 2.11. The Morgan fingerprint density at radius 2 is 2.00 bits per heavy atom. The fourth-order valence-electron chi connectivity index (χ4n) is 0.495. The third-order valence-electron chi connectivity index (χ3n) is 0.821. The van der Waals surface area contributed by atoms with Gasteiger partial charge in [0.05, 0.1) is 0 Å². The van der Waals surface area contributed by atoms with Gasteiger partial charge in [-0.3, -0.25) is 0 Å². The Hall–Kier alpha value is -1.40. The zero-order valence-corrected chi connectivity index (χ0v) is 5.47. The highest BCUT2D eigenvalue weighted by atomic mass is 19.4. The van der Waals surface area contributed by atoms with Crippen molar-refractivity contribution in [2.24, 2.45) is 0 Å². The van der Waals surface area contributed by atoms with Crippen LogP contribution in [-0.2, 0) is 0 Å². The standard InChI is InChI=1S/C5H2F4N2O/c6-4-10-2-1-3(11-4)12-5(7,8)9/h1-2H. The van der Waals surface area contributed by atoms with Crippen LogP contribution in [0.15, 0.2) is 12.3 Å². The molecule has 0 aliphatic carbocycles. The fraction of sp³-hybridized carbons (Fsp3) is 0.200. The summed E-state index contributed by atoms with van der Waals surface area (Å²) in [6.45, 7) is 0.